The van der Waals surface area contributed by atoms with Gasteiger partial charge in [0, 0.05) is 6.61 Å². The molecule has 17 heavy (non-hydrogen) atoms. The van der Waals surface area contributed by atoms with E-state index in [4.69, 9.17) is 4.74 Å². The van der Waals surface area contributed by atoms with Crippen LogP contribution in [0.1, 0.15) is 38.0 Å². The van der Waals surface area contributed by atoms with Crippen LogP contribution in [0.3, 0.4) is 0 Å². The van der Waals surface area contributed by atoms with Gasteiger partial charge in [-0.2, -0.15) is 0 Å². The molecule has 0 heterocycles. The molecule has 0 aromatic heterocycles. The van der Waals surface area contributed by atoms with E-state index in [1.165, 1.54) is 12.1 Å². The molecule has 0 aliphatic heterocycles. The number of aliphatic hydroxyl groups is 1. The quantitative estimate of drug-likeness (QED) is 0.856. The average Bonchev–Trinajstić information content (AvgIpc) is 2.24. The van der Waals surface area contributed by atoms with Crippen molar-refractivity contribution in [3.63, 3.8) is 0 Å². The zero-order valence-corrected chi connectivity index (χ0v) is 10.9. The van der Waals surface area contributed by atoms with E-state index in [1.54, 1.807) is 13.0 Å². The van der Waals surface area contributed by atoms with E-state index in [1.807, 2.05) is 20.8 Å². The van der Waals surface area contributed by atoms with Crippen molar-refractivity contribution in [2.24, 2.45) is 5.92 Å². The highest BCUT2D eigenvalue weighted by molar-refractivity contribution is 5.29. The van der Waals surface area contributed by atoms with Gasteiger partial charge < -0.3 is 9.84 Å². The smallest absolute Gasteiger partial charge is 0.123 e. The average molecular weight is 240 g/mol. The molecule has 0 aliphatic rings. The van der Waals surface area contributed by atoms with E-state index < -0.39 is 6.10 Å². The van der Waals surface area contributed by atoms with Crippen LogP contribution in [0.4, 0.5) is 4.39 Å². The summed E-state index contributed by atoms with van der Waals surface area (Å²) in [5.74, 6) is -0.0784. The predicted molar refractivity (Wildman–Crippen MR) is 66.3 cm³/mol. The second-order valence-corrected chi connectivity index (χ2v) is 4.61. The minimum atomic E-state index is -0.712. The first-order valence-corrected chi connectivity index (χ1v) is 6.03. The molecule has 0 aliphatic carbocycles. The summed E-state index contributed by atoms with van der Waals surface area (Å²) in [5.41, 5.74) is 1.49. The number of rotatable bonds is 5. The number of benzene rings is 1. The van der Waals surface area contributed by atoms with Crippen LogP contribution < -0.4 is 0 Å². The van der Waals surface area contributed by atoms with Gasteiger partial charge in [-0.25, -0.2) is 4.39 Å². The molecular weight excluding hydrogens is 219 g/mol. The first-order chi connectivity index (χ1) is 7.97. The third-order valence-corrected chi connectivity index (χ3v) is 2.88. The van der Waals surface area contributed by atoms with Gasteiger partial charge in [0.05, 0.1) is 6.10 Å². The lowest BCUT2D eigenvalue weighted by Gasteiger charge is -2.27. The van der Waals surface area contributed by atoms with E-state index in [2.05, 4.69) is 0 Å². The highest BCUT2D eigenvalue weighted by Crippen LogP contribution is 2.27. The maximum Gasteiger partial charge on any atom is 0.123 e. The highest BCUT2D eigenvalue weighted by atomic mass is 19.1. The number of hydrogen-bond donors (Lipinski definition) is 1. The van der Waals surface area contributed by atoms with Crippen LogP contribution in [0.25, 0.3) is 0 Å². The molecule has 0 amide bonds. The summed E-state index contributed by atoms with van der Waals surface area (Å²) < 4.78 is 18.6. The second-order valence-electron chi connectivity index (χ2n) is 4.61. The molecule has 1 N–H and O–H groups in total. The van der Waals surface area contributed by atoms with Gasteiger partial charge in [0.1, 0.15) is 11.9 Å². The van der Waals surface area contributed by atoms with Gasteiger partial charge in [-0.1, -0.05) is 19.9 Å². The van der Waals surface area contributed by atoms with E-state index in [9.17, 15) is 9.50 Å². The van der Waals surface area contributed by atoms with E-state index >= 15 is 0 Å². The van der Waals surface area contributed by atoms with Crippen molar-refractivity contribution in [3.05, 3.63) is 35.1 Å². The van der Waals surface area contributed by atoms with Gasteiger partial charge in [-0.05, 0) is 43.0 Å². The molecule has 0 radical (unpaired) electrons. The standard InChI is InChI=1S/C14H21FO2/c1-5-17-14(9(2)3)13(16)12-7-6-11(15)8-10(12)4/h6-9,13-14,16H,5H2,1-4H3. The SMILES string of the molecule is CCOC(C(C)C)C(O)c1ccc(F)cc1C. The molecular formula is C14H21FO2. The largest absolute Gasteiger partial charge is 0.386 e. The zero-order valence-electron chi connectivity index (χ0n) is 10.9. The van der Waals surface area contributed by atoms with Crippen molar-refractivity contribution < 1.29 is 14.2 Å². The second kappa shape index (κ2) is 6.12. The Morgan fingerprint density at radius 3 is 2.47 bits per heavy atom. The van der Waals surface area contributed by atoms with Gasteiger partial charge in [-0.3, -0.25) is 0 Å². The van der Waals surface area contributed by atoms with E-state index in [0.717, 1.165) is 11.1 Å². The Morgan fingerprint density at radius 1 is 1.35 bits per heavy atom. The molecule has 96 valence electrons. The van der Waals surface area contributed by atoms with Gasteiger partial charge in [0.25, 0.3) is 0 Å². The molecule has 0 spiro atoms. The summed E-state index contributed by atoms with van der Waals surface area (Å²) in [7, 11) is 0. The van der Waals surface area contributed by atoms with Crippen LogP contribution in [0.15, 0.2) is 18.2 Å². The Balaban J connectivity index is 2.96. The molecule has 3 heteroatoms. The Labute approximate surface area is 102 Å². The Bertz CT molecular complexity index is 363. The minimum absolute atomic E-state index is 0.203. The van der Waals surface area contributed by atoms with E-state index in [0.29, 0.717) is 6.61 Å². The van der Waals surface area contributed by atoms with Crippen LogP contribution in [0.2, 0.25) is 0 Å². The van der Waals surface area contributed by atoms with Crippen LogP contribution in [-0.2, 0) is 4.74 Å². The monoisotopic (exact) mass is 240 g/mol. The zero-order chi connectivity index (χ0) is 13.0. The molecule has 0 fully saturated rings. The lowest BCUT2D eigenvalue weighted by molar-refractivity contribution is -0.0587. The summed E-state index contributed by atoms with van der Waals surface area (Å²) in [5, 5.41) is 10.3. The molecule has 2 atom stereocenters. The van der Waals surface area contributed by atoms with Crippen molar-refractivity contribution in [1.29, 1.82) is 0 Å². The maximum absolute atomic E-state index is 13.0. The van der Waals surface area contributed by atoms with Gasteiger partial charge >= 0.3 is 0 Å². The Hall–Kier alpha value is -0.930. The van der Waals surface area contributed by atoms with Gasteiger partial charge in [0.2, 0.25) is 0 Å². The third kappa shape index (κ3) is 3.51. The molecule has 0 bridgehead atoms. The molecule has 1 aromatic carbocycles. The van der Waals surface area contributed by atoms with Crippen molar-refractivity contribution in [1.82, 2.24) is 0 Å². The number of hydrogen-bond acceptors (Lipinski definition) is 2. The third-order valence-electron chi connectivity index (χ3n) is 2.88. The van der Waals surface area contributed by atoms with Crippen molar-refractivity contribution >= 4 is 0 Å². The van der Waals surface area contributed by atoms with Crippen LogP contribution >= 0.6 is 0 Å². The summed E-state index contributed by atoms with van der Waals surface area (Å²) in [6.45, 7) is 8.26. The minimum Gasteiger partial charge on any atom is -0.386 e. The summed E-state index contributed by atoms with van der Waals surface area (Å²) in [6.07, 6.45) is -0.972. The van der Waals surface area contributed by atoms with Crippen LogP contribution in [0, 0.1) is 18.7 Å². The lowest BCUT2D eigenvalue weighted by atomic mass is 9.93. The maximum atomic E-state index is 13.0. The van der Waals surface area contributed by atoms with E-state index in [-0.39, 0.29) is 17.8 Å². The number of aliphatic hydroxyl groups excluding tert-OH is 1. The first kappa shape index (κ1) is 14.1. The summed E-state index contributed by atoms with van der Waals surface area (Å²) >= 11 is 0. The van der Waals surface area contributed by atoms with Crippen LogP contribution in [-0.4, -0.2) is 17.8 Å². The van der Waals surface area contributed by atoms with Crippen LogP contribution in [0.5, 0.6) is 0 Å². The highest BCUT2D eigenvalue weighted by Gasteiger charge is 2.25. The summed E-state index contributed by atoms with van der Waals surface area (Å²) in [6, 6.07) is 4.43. The molecule has 0 saturated carbocycles. The normalized spacial score (nSPS) is 15.0. The molecule has 2 unspecified atom stereocenters. The summed E-state index contributed by atoms with van der Waals surface area (Å²) in [4.78, 5) is 0. The topological polar surface area (TPSA) is 29.5 Å². The number of aryl methyl sites for hydroxylation is 1. The molecule has 0 saturated heterocycles. The first-order valence-electron chi connectivity index (χ1n) is 6.03. The van der Waals surface area contributed by atoms with Crippen molar-refractivity contribution in [3.8, 4) is 0 Å². The van der Waals surface area contributed by atoms with Crippen molar-refractivity contribution in [2.75, 3.05) is 6.61 Å². The number of ether oxygens (including phenoxy) is 1. The Kier molecular flexibility index (Phi) is 5.09. The Morgan fingerprint density at radius 2 is 2.00 bits per heavy atom. The van der Waals surface area contributed by atoms with Gasteiger partial charge in [0.15, 0.2) is 0 Å². The fourth-order valence-electron chi connectivity index (χ4n) is 1.99. The molecule has 2 nitrogen and oxygen atoms in total. The van der Waals surface area contributed by atoms with Crippen molar-refractivity contribution in [2.45, 2.75) is 39.9 Å². The van der Waals surface area contributed by atoms with Gasteiger partial charge in [-0.15, -0.1) is 0 Å². The number of halogens is 1. The molecule has 1 aromatic rings. The fourth-order valence-corrected chi connectivity index (χ4v) is 1.99. The lowest BCUT2D eigenvalue weighted by Crippen LogP contribution is -2.28. The molecule has 1 rings (SSSR count). The fraction of sp³-hybridized carbons (Fsp3) is 0.571. The predicted octanol–water partition coefficient (Wildman–Crippen LogP) is 3.23.